The van der Waals surface area contributed by atoms with Crippen LogP contribution >= 0.6 is 0 Å². The Morgan fingerprint density at radius 3 is 1.86 bits per heavy atom. The summed E-state index contributed by atoms with van der Waals surface area (Å²) in [6, 6.07) is 5.78. The first-order valence-corrected chi connectivity index (χ1v) is 9.41. The fourth-order valence-electron chi connectivity index (χ4n) is 3.00. The smallest absolute Gasteiger partial charge is 0.200 e. The van der Waals surface area contributed by atoms with Gasteiger partial charge >= 0.3 is 0 Å². The lowest BCUT2D eigenvalue weighted by molar-refractivity contribution is 0.103. The molecule has 0 aliphatic carbocycles. The van der Waals surface area contributed by atoms with Crippen molar-refractivity contribution >= 4 is 5.78 Å². The number of phenolic OH excluding ortho intramolecular Hbond substituents is 3. The number of carbonyl (C=O) groups excluding carboxylic acids is 1. The van der Waals surface area contributed by atoms with Gasteiger partial charge < -0.3 is 20.1 Å². The summed E-state index contributed by atoms with van der Waals surface area (Å²) in [6.45, 7) is 7.72. The molecule has 0 radical (unpaired) electrons. The number of carbonyl (C=O) groups is 1. The molecule has 0 unspecified atom stereocenters. The molecule has 2 rings (SSSR count). The topological polar surface area (TPSA) is 87.0 Å². The maximum Gasteiger partial charge on any atom is 0.200 e. The number of hydrogen-bond acceptors (Lipinski definition) is 5. The summed E-state index contributed by atoms with van der Waals surface area (Å²) in [5.41, 5.74) is 3.11. The molecule has 29 heavy (non-hydrogen) atoms. The largest absolute Gasteiger partial charge is 0.508 e. The second-order valence-corrected chi connectivity index (χ2v) is 7.41. The van der Waals surface area contributed by atoms with E-state index in [9.17, 15) is 20.1 Å². The Morgan fingerprint density at radius 1 is 0.862 bits per heavy atom. The lowest BCUT2D eigenvalue weighted by Gasteiger charge is -2.19. The molecular formula is C24H28O5. The van der Waals surface area contributed by atoms with Gasteiger partial charge in [0.05, 0.1) is 7.11 Å². The summed E-state index contributed by atoms with van der Waals surface area (Å²) >= 11 is 0. The van der Waals surface area contributed by atoms with Gasteiger partial charge in [-0.15, -0.1) is 0 Å². The van der Waals surface area contributed by atoms with E-state index in [1.807, 2.05) is 39.8 Å². The number of benzene rings is 2. The monoisotopic (exact) mass is 396 g/mol. The third-order valence-corrected chi connectivity index (χ3v) is 4.59. The van der Waals surface area contributed by atoms with Crippen LogP contribution in [0.15, 0.2) is 47.6 Å². The summed E-state index contributed by atoms with van der Waals surface area (Å²) < 4.78 is 5.48. The molecule has 0 bridgehead atoms. The Hall–Kier alpha value is -3.21. The van der Waals surface area contributed by atoms with Crippen molar-refractivity contribution in [3.8, 4) is 23.0 Å². The van der Waals surface area contributed by atoms with Gasteiger partial charge in [0, 0.05) is 16.7 Å². The van der Waals surface area contributed by atoms with Gasteiger partial charge in [0.2, 0.25) is 5.78 Å². The standard InChI is InChI=1S/C24H28O5/c1-14(2)6-12-18-22(27)19(13-7-15(3)4)24(29-5)20(23(18)28)21(26)16-8-10-17(25)11-9-16/h6-11,25,27-28H,12-13H2,1-5H3. The zero-order valence-corrected chi connectivity index (χ0v) is 17.5. The van der Waals surface area contributed by atoms with Gasteiger partial charge in [0.1, 0.15) is 28.6 Å². The van der Waals surface area contributed by atoms with E-state index in [2.05, 4.69) is 0 Å². The molecule has 0 aliphatic rings. The Bertz CT molecular complexity index is 958. The second-order valence-electron chi connectivity index (χ2n) is 7.41. The molecule has 2 aromatic rings. The van der Waals surface area contributed by atoms with Crippen LogP contribution in [0.1, 0.15) is 54.7 Å². The molecule has 0 aliphatic heterocycles. The molecule has 5 nitrogen and oxygen atoms in total. The molecule has 5 heteroatoms. The van der Waals surface area contributed by atoms with Crippen LogP contribution in [-0.4, -0.2) is 28.2 Å². The third-order valence-electron chi connectivity index (χ3n) is 4.59. The molecule has 0 amide bonds. The SMILES string of the molecule is COc1c(CC=C(C)C)c(O)c(CC=C(C)C)c(O)c1C(=O)c1ccc(O)cc1. The van der Waals surface area contributed by atoms with Crippen LogP contribution in [0.2, 0.25) is 0 Å². The number of hydrogen-bond donors (Lipinski definition) is 3. The minimum atomic E-state index is -0.448. The van der Waals surface area contributed by atoms with Crippen molar-refractivity contribution in [2.45, 2.75) is 40.5 Å². The van der Waals surface area contributed by atoms with Gasteiger partial charge in [-0.05, 0) is 64.8 Å². The lowest BCUT2D eigenvalue weighted by atomic mass is 9.91. The van der Waals surface area contributed by atoms with E-state index in [0.29, 0.717) is 17.5 Å². The maximum absolute atomic E-state index is 13.2. The summed E-state index contributed by atoms with van der Waals surface area (Å²) in [4.78, 5) is 13.2. The highest BCUT2D eigenvalue weighted by atomic mass is 16.5. The first-order chi connectivity index (χ1) is 13.7. The van der Waals surface area contributed by atoms with Crippen LogP contribution in [0, 0.1) is 0 Å². The Kier molecular flexibility index (Phi) is 7.10. The average Bonchev–Trinajstić information content (AvgIpc) is 2.66. The number of allylic oxidation sites excluding steroid dienone is 4. The number of phenols is 3. The first kappa shape index (κ1) is 22.1. The highest BCUT2D eigenvalue weighted by molar-refractivity contribution is 6.13. The van der Waals surface area contributed by atoms with Gasteiger partial charge in [0.25, 0.3) is 0 Å². The maximum atomic E-state index is 13.2. The Balaban J connectivity index is 2.78. The van der Waals surface area contributed by atoms with Crippen molar-refractivity contribution in [3.63, 3.8) is 0 Å². The van der Waals surface area contributed by atoms with Gasteiger partial charge in [-0.25, -0.2) is 0 Å². The molecular weight excluding hydrogens is 368 g/mol. The van der Waals surface area contributed by atoms with Crippen LogP contribution in [0.5, 0.6) is 23.0 Å². The minimum Gasteiger partial charge on any atom is -0.508 e. The minimum absolute atomic E-state index is 0.00491. The molecule has 2 aromatic carbocycles. The quantitative estimate of drug-likeness (QED) is 0.450. The normalized spacial score (nSPS) is 10.4. The van der Waals surface area contributed by atoms with E-state index < -0.39 is 5.78 Å². The predicted molar refractivity (Wildman–Crippen MR) is 114 cm³/mol. The zero-order chi connectivity index (χ0) is 21.7. The number of ketones is 1. The highest BCUT2D eigenvalue weighted by Crippen LogP contribution is 2.44. The molecule has 0 heterocycles. The molecule has 3 N–H and O–H groups in total. The fraction of sp³-hybridized carbons (Fsp3) is 0.292. The summed E-state index contributed by atoms with van der Waals surface area (Å²) in [7, 11) is 1.41. The molecule has 0 atom stereocenters. The van der Waals surface area contributed by atoms with Crippen LogP contribution in [0.25, 0.3) is 0 Å². The molecule has 0 spiro atoms. The molecule has 154 valence electrons. The fourth-order valence-corrected chi connectivity index (χ4v) is 3.00. The van der Waals surface area contributed by atoms with E-state index in [1.165, 1.54) is 31.4 Å². The van der Waals surface area contributed by atoms with Crippen molar-refractivity contribution in [3.05, 3.63) is 69.8 Å². The summed E-state index contributed by atoms with van der Waals surface area (Å²) in [5.74, 6) is -0.628. The van der Waals surface area contributed by atoms with E-state index in [-0.39, 0.29) is 40.5 Å². The predicted octanol–water partition coefficient (Wildman–Crippen LogP) is 5.06. The van der Waals surface area contributed by atoms with E-state index >= 15 is 0 Å². The average molecular weight is 396 g/mol. The van der Waals surface area contributed by atoms with Gasteiger partial charge in [-0.3, -0.25) is 4.79 Å². The van der Waals surface area contributed by atoms with Crippen molar-refractivity contribution < 1.29 is 24.9 Å². The number of methoxy groups -OCH3 is 1. The molecule has 0 aromatic heterocycles. The van der Waals surface area contributed by atoms with Crippen molar-refractivity contribution in [1.82, 2.24) is 0 Å². The van der Waals surface area contributed by atoms with Crippen LogP contribution in [-0.2, 0) is 12.8 Å². The van der Waals surface area contributed by atoms with Crippen molar-refractivity contribution in [2.24, 2.45) is 0 Å². The van der Waals surface area contributed by atoms with E-state index in [0.717, 1.165) is 11.1 Å². The second kappa shape index (κ2) is 9.32. The van der Waals surface area contributed by atoms with Crippen LogP contribution in [0.4, 0.5) is 0 Å². The summed E-state index contributed by atoms with van der Waals surface area (Å²) in [5, 5.41) is 31.3. The lowest BCUT2D eigenvalue weighted by Crippen LogP contribution is -2.09. The van der Waals surface area contributed by atoms with Gasteiger partial charge in [-0.2, -0.15) is 0 Å². The highest BCUT2D eigenvalue weighted by Gasteiger charge is 2.28. The third kappa shape index (κ3) is 4.99. The Labute approximate surface area is 171 Å². The zero-order valence-electron chi connectivity index (χ0n) is 17.5. The van der Waals surface area contributed by atoms with Gasteiger partial charge in [0.15, 0.2) is 0 Å². The first-order valence-electron chi connectivity index (χ1n) is 9.41. The van der Waals surface area contributed by atoms with Gasteiger partial charge in [-0.1, -0.05) is 23.3 Å². The van der Waals surface area contributed by atoms with E-state index in [1.54, 1.807) is 0 Å². The van der Waals surface area contributed by atoms with Crippen LogP contribution in [0.3, 0.4) is 0 Å². The number of ether oxygens (including phenoxy) is 1. The van der Waals surface area contributed by atoms with Crippen LogP contribution < -0.4 is 4.74 Å². The summed E-state index contributed by atoms with van der Waals surface area (Å²) in [6.07, 6.45) is 4.44. The number of aromatic hydroxyl groups is 3. The molecule has 0 saturated heterocycles. The molecule has 0 saturated carbocycles. The number of rotatable bonds is 7. The Morgan fingerprint density at radius 2 is 1.38 bits per heavy atom. The van der Waals surface area contributed by atoms with E-state index in [4.69, 9.17) is 4.74 Å². The van der Waals surface area contributed by atoms with Crippen molar-refractivity contribution in [2.75, 3.05) is 7.11 Å². The van der Waals surface area contributed by atoms with Crippen molar-refractivity contribution in [1.29, 1.82) is 0 Å². The molecule has 0 fully saturated rings.